The third-order valence-corrected chi connectivity index (χ3v) is 7.13. The molecule has 0 saturated heterocycles. The largest absolute Gasteiger partial charge is 0.348 e. The van der Waals surface area contributed by atoms with Gasteiger partial charge in [-0.15, -0.1) is 0 Å². The van der Waals surface area contributed by atoms with Gasteiger partial charge in [0, 0.05) is 17.3 Å². The molecule has 1 aliphatic rings. The zero-order chi connectivity index (χ0) is 23.1. The Morgan fingerprint density at radius 1 is 1.09 bits per heavy atom. The Morgan fingerprint density at radius 2 is 1.81 bits per heavy atom. The second-order valence-electron chi connectivity index (χ2n) is 10.0. The van der Waals surface area contributed by atoms with E-state index in [-0.39, 0.29) is 18.0 Å². The molecule has 3 unspecified atom stereocenters. The summed E-state index contributed by atoms with van der Waals surface area (Å²) in [4.78, 5) is 13.6. The van der Waals surface area contributed by atoms with Crippen molar-refractivity contribution in [3.8, 4) is 0 Å². The molecule has 1 aromatic heterocycles. The van der Waals surface area contributed by atoms with E-state index in [9.17, 15) is 4.79 Å². The van der Waals surface area contributed by atoms with Gasteiger partial charge in [-0.3, -0.25) is 9.48 Å². The average Bonchev–Trinajstić information content (AvgIpc) is 3.20. The number of carbonyl (C=O) groups excluding carboxylic acids is 1. The van der Waals surface area contributed by atoms with Crippen LogP contribution in [0.25, 0.3) is 0 Å². The summed E-state index contributed by atoms with van der Waals surface area (Å²) in [5.74, 6) is 1.19. The molecule has 2 aromatic rings. The Bertz CT molecular complexity index is 855. The van der Waals surface area contributed by atoms with Crippen molar-refractivity contribution in [3.63, 3.8) is 0 Å². The fourth-order valence-electron chi connectivity index (χ4n) is 5.31. The molecule has 4 nitrogen and oxygen atoms in total. The average molecular weight is 438 g/mol. The molecule has 1 amide bonds. The number of hydrogen-bond acceptors (Lipinski definition) is 2. The summed E-state index contributed by atoms with van der Waals surface area (Å²) < 4.78 is 2.13. The van der Waals surface area contributed by atoms with Gasteiger partial charge in [-0.25, -0.2) is 0 Å². The smallest absolute Gasteiger partial charge is 0.272 e. The zero-order valence-electron chi connectivity index (χ0n) is 20.9. The van der Waals surface area contributed by atoms with Crippen molar-refractivity contribution in [1.82, 2.24) is 15.1 Å². The van der Waals surface area contributed by atoms with E-state index in [2.05, 4.69) is 68.9 Å². The van der Waals surface area contributed by atoms with E-state index in [1.165, 1.54) is 23.2 Å². The summed E-state index contributed by atoms with van der Waals surface area (Å²) in [6.45, 7) is 11.2. The van der Waals surface area contributed by atoms with Gasteiger partial charge in [-0.1, -0.05) is 77.3 Å². The first-order valence-corrected chi connectivity index (χ1v) is 12.9. The molecule has 176 valence electrons. The first-order chi connectivity index (χ1) is 15.5. The van der Waals surface area contributed by atoms with Crippen molar-refractivity contribution in [1.29, 1.82) is 0 Å². The lowest BCUT2D eigenvalue weighted by Crippen LogP contribution is -2.41. The van der Waals surface area contributed by atoms with Crippen LogP contribution in [0, 0.1) is 11.8 Å². The summed E-state index contributed by atoms with van der Waals surface area (Å²) >= 11 is 0. The van der Waals surface area contributed by atoms with Crippen LogP contribution in [0.3, 0.4) is 0 Å². The van der Waals surface area contributed by atoms with Crippen LogP contribution in [-0.4, -0.2) is 21.7 Å². The van der Waals surface area contributed by atoms with Crippen LogP contribution >= 0.6 is 0 Å². The van der Waals surface area contributed by atoms with Crippen LogP contribution in [0.4, 0.5) is 0 Å². The fraction of sp³-hybridized carbons (Fsp3) is 0.643. The minimum atomic E-state index is 0.0328. The second-order valence-corrected chi connectivity index (χ2v) is 10.0. The Hall–Kier alpha value is -2.10. The molecule has 0 saturated carbocycles. The van der Waals surface area contributed by atoms with Gasteiger partial charge in [0.1, 0.15) is 0 Å². The number of carbonyl (C=O) groups is 1. The highest BCUT2D eigenvalue weighted by atomic mass is 16.2. The molecule has 1 aliphatic carbocycles. The molecule has 32 heavy (non-hydrogen) atoms. The lowest BCUT2D eigenvalue weighted by atomic mass is 9.85. The highest BCUT2D eigenvalue weighted by Gasteiger charge is 2.30. The Kier molecular flexibility index (Phi) is 8.95. The number of nitrogens with zero attached hydrogens (tertiary/aromatic N) is 2. The second kappa shape index (κ2) is 11.7. The molecule has 1 aromatic carbocycles. The monoisotopic (exact) mass is 437 g/mol. The van der Waals surface area contributed by atoms with Gasteiger partial charge in [0.2, 0.25) is 0 Å². The van der Waals surface area contributed by atoms with E-state index in [0.29, 0.717) is 17.5 Å². The van der Waals surface area contributed by atoms with E-state index in [1.807, 2.05) is 6.07 Å². The van der Waals surface area contributed by atoms with Gasteiger partial charge >= 0.3 is 0 Å². The molecule has 3 atom stereocenters. The molecule has 1 N–H and O–H groups in total. The number of amides is 1. The van der Waals surface area contributed by atoms with Crippen molar-refractivity contribution in [2.24, 2.45) is 11.8 Å². The van der Waals surface area contributed by atoms with E-state index >= 15 is 0 Å². The van der Waals surface area contributed by atoms with Crippen LogP contribution in [0.15, 0.2) is 30.3 Å². The van der Waals surface area contributed by atoms with Crippen molar-refractivity contribution in [2.45, 2.75) is 104 Å². The van der Waals surface area contributed by atoms with Crippen molar-refractivity contribution in [3.05, 3.63) is 52.8 Å². The van der Waals surface area contributed by atoms with Gasteiger partial charge in [0.05, 0.1) is 6.04 Å². The van der Waals surface area contributed by atoms with Gasteiger partial charge in [0.15, 0.2) is 5.69 Å². The number of fused-ring (bicyclic) bond motifs is 1. The molecular formula is C28H43N3O. The Balaban J connectivity index is 1.88. The SMILES string of the molecule is CCCCC(NC(=O)c1nn(C(C)c2ccccc2)c2c1CCCC2)C(CC)CC(C)C. The zero-order valence-corrected chi connectivity index (χ0v) is 20.9. The predicted octanol–water partition coefficient (Wildman–Crippen LogP) is 6.73. The Morgan fingerprint density at radius 3 is 2.47 bits per heavy atom. The molecule has 3 rings (SSSR count). The first-order valence-electron chi connectivity index (χ1n) is 12.9. The molecular weight excluding hydrogens is 394 g/mol. The molecule has 1 heterocycles. The maximum absolute atomic E-state index is 13.6. The summed E-state index contributed by atoms with van der Waals surface area (Å²) in [5, 5.41) is 8.40. The summed E-state index contributed by atoms with van der Waals surface area (Å²) in [5.41, 5.74) is 4.35. The minimum absolute atomic E-state index is 0.0328. The topological polar surface area (TPSA) is 46.9 Å². The summed E-state index contributed by atoms with van der Waals surface area (Å²) in [6.07, 6.45) is 9.90. The van der Waals surface area contributed by atoms with Crippen LogP contribution in [-0.2, 0) is 12.8 Å². The minimum Gasteiger partial charge on any atom is -0.348 e. The van der Waals surface area contributed by atoms with Crippen molar-refractivity contribution >= 4 is 5.91 Å². The third kappa shape index (κ3) is 5.82. The predicted molar refractivity (Wildman–Crippen MR) is 133 cm³/mol. The van der Waals surface area contributed by atoms with Crippen molar-refractivity contribution < 1.29 is 4.79 Å². The standard InChI is InChI=1S/C28H43N3O/c1-6-8-17-25(22(7-2)19-20(3)4)29-28(32)27-24-16-12-13-18-26(24)31(30-27)21(5)23-14-10-9-11-15-23/h9-11,14-15,20-22,25H,6-8,12-13,16-19H2,1-5H3,(H,29,32). The number of aromatic nitrogens is 2. The summed E-state index contributed by atoms with van der Waals surface area (Å²) in [6, 6.07) is 10.9. The van der Waals surface area contributed by atoms with E-state index in [1.54, 1.807) is 0 Å². The van der Waals surface area contributed by atoms with Gasteiger partial charge < -0.3 is 5.32 Å². The van der Waals surface area contributed by atoms with Crippen LogP contribution in [0.5, 0.6) is 0 Å². The van der Waals surface area contributed by atoms with Gasteiger partial charge in [-0.2, -0.15) is 5.10 Å². The Labute approximate surface area is 195 Å². The number of rotatable bonds is 11. The van der Waals surface area contributed by atoms with Crippen molar-refractivity contribution in [2.75, 3.05) is 0 Å². The lowest BCUT2D eigenvalue weighted by Gasteiger charge is -2.28. The van der Waals surface area contributed by atoms with Crippen LogP contribution in [0.2, 0.25) is 0 Å². The van der Waals surface area contributed by atoms with E-state index < -0.39 is 0 Å². The first kappa shape index (κ1) is 24.5. The number of hydrogen-bond donors (Lipinski definition) is 1. The van der Waals surface area contributed by atoms with Gasteiger partial charge in [-0.05, 0) is 62.8 Å². The molecule has 0 aliphatic heterocycles. The van der Waals surface area contributed by atoms with E-state index in [0.717, 1.165) is 51.4 Å². The quantitative estimate of drug-likeness (QED) is 0.423. The normalized spacial score (nSPS) is 16.4. The number of unbranched alkanes of at least 4 members (excludes halogenated alkanes) is 1. The van der Waals surface area contributed by atoms with Gasteiger partial charge in [0.25, 0.3) is 5.91 Å². The maximum Gasteiger partial charge on any atom is 0.272 e. The lowest BCUT2D eigenvalue weighted by molar-refractivity contribution is 0.0904. The molecule has 0 spiro atoms. The molecule has 0 radical (unpaired) electrons. The third-order valence-electron chi connectivity index (χ3n) is 7.13. The van der Waals surface area contributed by atoms with E-state index in [4.69, 9.17) is 5.10 Å². The summed E-state index contributed by atoms with van der Waals surface area (Å²) in [7, 11) is 0. The molecule has 0 fully saturated rings. The molecule has 4 heteroatoms. The maximum atomic E-state index is 13.6. The number of nitrogens with one attached hydrogen (secondary N) is 1. The van der Waals surface area contributed by atoms with Crippen LogP contribution < -0.4 is 5.32 Å². The highest BCUT2D eigenvalue weighted by Crippen LogP contribution is 2.30. The van der Waals surface area contributed by atoms with Crippen LogP contribution in [0.1, 0.15) is 113 Å². The highest BCUT2D eigenvalue weighted by molar-refractivity contribution is 5.94. The molecule has 0 bridgehead atoms. The number of benzene rings is 1. The fourth-order valence-corrected chi connectivity index (χ4v) is 5.31.